The first-order chi connectivity index (χ1) is 6.09. The third-order valence-corrected chi connectivity index (χ3v) is 2.19. The lowest BCUT2D eigenvalue weighted by Crippen LogP contribution is -2.22. The second-order valence-corrected chi connectivity index (χ2v) is 3.57. The Hall–Kier alpha value is -1.02. The van der Waals surface area contributed by atoms with Gasteiger partial charge >= 0.3 is 0 Å². The molecule has 1 rings (SSSR count). The molecule has 0 aliphatic rings. The molecule has 0 fully saturated rings. The first-order valence-electron chi connectivity index (χ1n) is 4.13. The number of amides is 1. The van der Waals surface area contributed by atoms with Gasteiger partial charge in [0.05, 0.1) is 0 Å². The smallest absolute Gasteiger partial charge is 0.220 e. The van der Waals surface area contributed by atoms with Gasteiger partial charge in [0.1, 0.15) is 0 Å². The molecule has 2 N–H and O–H groups in total. The highest BCUT2D eigenvalue weighted by atomic mass is 35.5. The fourth-order valence-corrected chi connectivity index (χ4v) is 1.20. The molecule has 0 spiro atoms. The molecule has 1 aromatic rings. The number of benzene rings is 1. The third-order valence-electron chi connectivity index (χ3n) is 1.94. The van der Waals surface area contributed by atoms with Crippen molar-refractivity contribution >= 4 is 17.5 Å². The van der Waals surface area contributed by atoms with Gasteiger partial charge in [-0.05, 0) is 24.1 Å². The second-order valence-electron chi connectivity index (χ2n) is 3.13. The summed E-state index contributed by atoms with van der Waals surface area (Å²) in [5.41, 5.74) is 6.23. The highest BCUT2D eigenvalue weighted by Gasteiger charge is 2.08. The molecule has 0 aromatic heterocycles. The van der Waals surface area contributed by atoms with E-state index in [-0.39, 0.29) is 11.8 Å². The van der Waals surface area contributed by atoms with Gasteiger partial charge in [-0.25, -0.2) is 0 Å². The quantitative estimate of drug-likeness (QED) is 0.792. The SMILES string of the molecule is CC(Cc1ccc(Cl)cc1)C(N)=O. The van der Waals surface area contributed by atoms with Crippen LogP contribution in [0.5, 0.6) is 0 Å². The maximum absolute atomic E-state index is 10.8. The van der Waals surface area contributed by atoms with E-state index < -0.39 is 0 Å². The Kier molecular flexibility index (Phi) is 3.32. The van der Waals surface area contributed by atoms with Crippen molar-refractivity contribution in [2.45, 2.75) is 13.3 Å². The van der Waals surface area contributed by atoms with Crippen LogP contribution in [0.1, 0.15) is 12.5 Å². The second kappa shape index (κ2) is 4.28. The van der Waals surface area contributed by atoms with Gasteiger partial charge in [0, 0.05) is 10.9 Å². The van der Waals surface area contributed by atoms with Crippen molar-refractivity contribution in [2.75, 3.05) is 0 Å². The van der Waals surface area contributed by atoms with Crippen LogP contribution in [0.15, 0.2) is 24.3 Å². The summed E-state index contributed by atoms with van der Waals surface area (Å²) in [5, 5.41) is 0.704. The largest absolute Gasteiger partial charge is 0.369 e. The number of hydrogen-bond donors (Lipinski definition) is 1. The molecule has 0 aliphatic heterocycles. The number of rotatable bonds is 3. The molecule has 1 unspecified atom stereocenters. The molecule has 0 heterocycles. The van der Waals surface area contributed by atoms with Crippen molar-refractivity contribution in [3.63, 3.8) is 0 Å². The van der Waals surface area contributed by atoms with Gasteiger partial charge in [-0.1, -0.05) is 30.7 Å². The van der Waals surface area contributed by atoms with E-state index in [1.54, 1.807) is 0 Å². The van der Waals surface area contributed by atoms with Crippen LogP contribution in [0.3, 0.4) is 0 Å². The minimum atomic E-state index is -0.269. The average Bonchev–Trinajstić information content (AvgIpc) is 2.08. The van der Waals surface area contributed by atoms with Crippen LogP contribution in [0, 0.1) is 5.92 Å². The van der Waals surface area contributed by atoms with Gasteiger partial charge in [0.15, 0.2) is 0 Å². The number of nitrogens with two attached hydrogens (primary N) is 1. The Labute approximate surface area is 82.7 Å². The Balaban J connectivity index is 2.64. The molecule has 3 heteroatoms. The molecule has 0 radical (unpaired) electrons. The van der Waals surface area contributed by atoms with Crippen molar-refractivity contribution in [2.24, 2.45) is 11.7 Å². The highest BCUT2D eigenvalue weighted by molar-refractivity contribution is 6.30. The zero-order chi connectivity index (χ0) is 9.84. The van der Waals surface area contributed by atoms with Crippen molar-refractivity contribution in [1.29, 1.82) is 0 Å². The molecule has 0 saturated carbocycles. The molecule has 0 saturated heterocycles. The Morgan fingerprint density at radius 3 is 2.46 bits per heavy atom. The van der Waals surface area contributed by atoms with Crippen molar-refractivity contribution in [3.8, 4) is 0 Å². The van der Waals surface area contributed by atoms with Crippen molar-refractivity contribution in [1.82, 2.24) is 0 Å². The summed E-state index contributed by atoms with van der Waals surface area (Å²) in [5.74, 6) is -0.392. The standard InChI is InChI=1S/C10H12ClNO/c1-7(10(12)13)6-8-2-4-9(11)5-3-8/h2-5,7H,6H2,1H3,(H2,12,13). The normalized spacial score (nSPS) is 12.5. The fraction of sp³-hybridized carbons (Fsp3) is 0.300. The molecule has 13 heavy (non-hydrogen) atoms. The van der Waals surface area contributed by atoms with Crippen LogP contribution >= 0.6 is 11.6 Å². The number of carbonyl (C=O) groups is 1. The molecular weight excluding hydrogens is 186 g/mol. The van der Waals surface area contributed by atoms with Crippen LogP contribution in [0.4, 0.5) is 0 Å². The zero-order valence-electron chi connectivity index (χ0n) is 7.46. The molecule has 1 amide bonds. The summed E-state index contributed by atoms with van der Waals surface area (Å²) in [6, 6.07) is 7.43. The van der Waals surface area contributed by atoms with Crippen molar-refractivity contribution < 1.29 is 4.79 Å². The monoisotopic (exact) mass is 197 g/mol. The lowest BCUT2D eigenvalue weighted by Gasteiger charge is -2.06. The molecule has 1 aromatic carbocycles. The van der Waals surface area contributed by atoms with Crippen LogP contribution in [-0.2, 0) is 11.2 Å². The molecule has 70 valence electrons. The predicted octanol–water partition coefficient (Wildman–Crippen LogP) is 2.00. The fourth-order valence-electron chi connectivity index (χ4n) is 1.07. The molecule has 1 atom stereocenters. The van der Waals surface area contributed by atoms with Gasteiger partial charge in [-0.2, -0.15) is 0 Å². The number of primary amides is 1. The summed E-state index contributed by atoms with van der Waals surface area (Å²) in [6.07, 6.45) is 0.673. The summed E-state index contributed by atoms with van der Waals surface area (Å²) < 4.78 is 0. The van der Waals surface area contributed by atoms with Crippen LogP contribution in [-0.4, -0.2) is 5.91 Å². The molecule has 0 aliphatic carbocycles. The molecular formula is C10H12ClNO. The Bertz CT molecular complexity index is 294. The van der Waals surface area contributed by atoms with Gasteiger partial charge in [-0.3, -0.25) is 4.79 Å². The van der Waals surface area contributed by atoms with E-state index in [0.29, 0.717) is 11.4 Å². The third kappa shape index (κ3) is 3.07. The number of halogens is 1. The van der Waals surface area contributed by atoms with E-state index >= 15 is 0 Å². The van der Waals surface area contributed by atoms with Gasteiger partial charge in [-0.15, -0.1) is 0 Å². The van der Waals surface area contributed by atoms with E-state index in [2.05, 4.69) is 0 Å². The van der Waals surface area contributed by atoms with E-state index in [9.17, 15) is 4.79 Å². The average molecular weight is 198 g/mol. The molecule has 0 bridgehead atoms. The number of hydrogen-bond acceptors (Lipinski definition) is 1. The summed E-state index contributed by atoms with van der Waals surface area (Å²) in [4.78, 5) is 10.8. The maximum Gasteiger partial charge on any atom is 0.220 e. The first kappa shape index (κ1) is 10.1. The van der Waals surface area contributed by atoms with E-state index in [1.807, 2.05) is 31.2 Å². The van der Waals surface area contributed by atoms with Gasteiger partial charge in [0.25, 0.3) is 0 Å². The Morgan fingerprint density at radius 1 is 1.46 bits per heavy atom. The van der Waals surface area contributed by atoms with Crippen LogP contribution in [0.25, 0.3) is 0 Å². The lowest BCUT2D eigenvalue weighted by molar-refractivity contribution is -0.121. The predicted molar refractivity (Wildman–Crippen MR) is 53.5 cm³/mol. The first-order valence-corrected chi connectivity index (χ1v) is 4.51. The highest BCUT2D eigenvalue weighted by Crippen LogP contribution is 2.12. The van der Waals surface area contributed by atoms with Gasteiger partial charge < -0.3 is 5.73 Å². The molecule has 2 nitrogen and oxygen atoms in total. The van der Waals surface area contributed by atoms with Crippen LogP contribution in [0.2, 0.25) is 5.02 Å². The van der Waals surface area contributed by atoms with E-state index in [4.69, 9.17) is 17.3 Å². The Morgan fingerprint density at radius 2 is 2.00 bits per heavy atom. The van der Waals surface area contributed by atoms with E-state index in [1.165, 1.54) is 0 Å². The van der Waals surface area contributed by atoms with E-state index in [0.717, 1.165) is 5.56 Å². The minimum Gasteiger partial charge on any atom is -0.369 e. The summed E-state index contributed by atoms with van der Waals surface area (Å²) >= 11 is 5.72. The lowest BCUT2D eigenvalue weighted by atomic mass is 10.0. The van der Waals surface area contributed by atoms with Crippen molar-refractivity contribution in [3.05, 3.63) is 34.9 Å². The van der Waals surface area contributed by atoms with Gasteiger partial charge in [0.2, 0.25) is 5.91 Å². The maximum atomic E-state index is 10.8. The topological polar surface area (TPSA) is 43.1 Å². The minimum absolute atomic E-state index is 0.124. The summed E-state index contributed by atoms with van der Waals surface area (Å²) in [7, 11) is 0. The zero-order valence-corrected chi connectivity index (χ0v) is 8.21. The van der Waals surface area contributed by atoms with Crippen LogP contribution < -0.4 is 5.73 Å². The summed E-state index contributed by atoms with van der Waals surface area (Å²) in [6.45, 7) is 1.82. The number of carbonyl (C=O) groups excluding carboxylic acids is 1.